The molecule has 0 saturated heterocycles. The Kier molecular flexibility index (Phi) is 4.03. The van der Waals surface area contributed by atoms with Crippen molar-refractivity contribution >= 4 is 17.6 Å². The van der Waals surface area contributed by atoms with Gasteiger partial charge in [0.05, 0.1) is 0 Å². The summed E-state index contributed by atoms with van der Waals surface area (Å²) in [6.45, 7) is 3.95. The molecule has 4 aliphatic rings. The SMILES string of the molecule is COC(C12CC3CC(CC(C3)C1)C2)C(C)(C)OC(=O)CCl. The molecule has 1 unspecified atom stereocenters. The van der Waals surface area contributed by atoms with Crippen molar-refractivity contribution in [1.82, 2.24) is 0 Å². The zero-order chi connectivity index (χ0) is 15.3. The minimum absolute atomic E-state index is 0.0365. The lowest BCUT2D eigenvalue weighted by atomic mass is 9.47. The van der Waals surface area contributed by atoms with Gasteiger partial charge in [0.15, 0.2) is 0 Å². The van der Waals surface area contributed by atoms with E-state index in [4.69, 9.17) is 21.1 Å². The maximum absolute atomic E-state index is 11.7. The molecule has 0 aromatic carbocycles. The van der Waals surface area contributed by atoms with Crippen molar-refractivity contribution in [2.24, 2.45) is 23.2 Å². The van der Waals surface area contributed by atoms with Gasteiger partial charge in [0.25, 0.3) is 0 Å². The average Bonchev–Trinajstić information content (AvgIpc) is 2.36. The number of methoxy groups -OCH3 is 1. The van der Waals surface area contributed by atoms with Crippen LogP contribution in [0.5, 0.6) is 0 Å². The van der Waals surface area contributed by atoms with Crippen molar-refractivity contribution in [2.45, 2.75) is 64.1 Å². The van der Waals surface area contributed by atoms with Gasteiger partial charge in [0.2, 0.25) is 0 Å². The molecule has 120 valence electrons. The highest BCUT2D eigenvalue weighted by atomic mass is 35.5. The number of alkyl halides is 1. The summed E-state index contributed by atoms with van der Waals surface area (Å²) in [5.41, 5.74) is -0.425. The summed E-state index contributed by atoms with van der Waals surface area (Å²) in [4.78, 5) is 11.7. The molecule has 4 saturated carbocycles. The number of hydrogen-bond donors (Lipinski definition) is 0. The Balaban J connectivity index is 1.84. The molecule has 0 aromatic rings. The van der Waals surface area contributed by atoms with Crippen LogP contribution in [0, 0.1) is 23.2 Å². The fourth-order valence-electron chi connectivity index (χ4n) is 6.14. The van der Waals surface area contributed by atoms with E-state index in [0.29, 0.717) is 0 Å². The van der Waals surface area contributed by atoms with E-state index in [0.717, 1.165) is 17.8 Å². The van der Waals surface area contributed by atoms with Crippen molar-refractivity contribution in [2.75, 3.05) is 13.0 Å². The van der Waals surface area contributed by atoms with E-state index in [1.165, 1.54) is 38.5 Å². The summed E-state index contributed by atoms with van der Waals surface area (Å²) in [6, 6.07) is 0. The second-order valence-corrected chi connectivity index (χ2v) is 8.37. The first-order valence-corrected chi connectivity index (χ1v) is 8.72. The molecule has 4 bridgehead atoms. The van der Waals surface area contributed by atoms with E-state index in [1.54, 1.807) is 7.11 Å². The highest BCUT2D eigenvalue weighted by Gasteiger charge is 2.58. The largest absolute Gasteiger partial charge is 0.456 e. The standard InChI is InChI=1S/C17H27ClO3/c1-16(2,21-14(19)10-18)15(20-3)17-7-11-4-12(8-17)6-13(5-11)9-17/h11-13,15H,4-10H2,1-3H3. The van der Waals surface area contributed by atoms with Crippen LogP contribution in [0.1, 0.15) is 52.4 Å². The van der Waals surface area contributed by atoms with Crippen molar-refractivity contribution in [3.63, 3.8) is 0 Å². The van der Waals surface area contributed by atoms with Gasteiger partial charge in [-0.05, 0) is 70.1 Å². The van der Waals surface area contributed by atoms with Crippen LogP contribution in [0.4, 0.5) is 0 Å². The molecular weight excluding hydrogens is 288 g/mol. The van der Waals surface area contributed by atoms with Crippen LogP contribution in [0.3, 0.4) is 0 Å². The third kappa shape index (κ3) is 2.72. The van der Waals surface area contributed by atoms with Crippen LogP contribution in [-0.4, -0.2) is 30.7 Å². The third-order valence-corrected chi connectivity index (χ3v) is 6.21. The number of esters is 1. The first-order chi connectivity index (χ1) is 9.88. The molecule has 0 heterocycles. The number of hydrogen-bond acceptors (Lipinski definition) is 3. The van der Waals surface area contributed by atoms with E-state index in [9.17, 15) is 4.79 Å². The van der Waals surface area contributed by atoms with Gasteiger partial charge in [-0.3, -0.25) is 4.79 Å². The Labute approximate surface area is 132 Å². The molecule has 1 atom stereocenters. The molecular formula is C17H27ClO3. The lowest BCUT2D eigenvalue weighted by molar-refractivity contribution is -0.208. The van der Waals surface area contributed by atoms with E-state index in [1.807, 2.05) is 13.8 Å². The molecule has 4 aliphatic carbocycles. The molecule has 0 spiro atoms. The van der Waals surface area contributed by atoms with Gasteiger partial charge in [0, 0.05) is 12.5 Å². The number of ether oxygens (including phenoxy) is 2. The molecule has 0 amide bonds. The summed E-state index contributed by atoms with van der Waals surface area (Å²) in [5, 5.41) is 0. The summed E-state index contributed by atoms with van der Waals surface area (Å²) in [7, 11) is 1.76. The highest BCUT2D eigenvalue weighted by Crippen LogP contribution is 2.63. The first kappa shape index (κ1) is 15.6. The fourth-order valence-corrected chi connectivity index (χ4v) is 6.20. The fraction of sp³-hybridized carbons (Fsp3) is 0.941. The van der Waals surface area contributed by atoms with Gasteiger partial charge >= 0.3 is 5.97 Å². The van der Waals surface area contributed by atoms with E-state index in [2.05, 4.69) is 0 Å². The van der Waals surface area contributed by atoms with Gasteiger partial charge in [-0.15, -0.1) is 11.6 Å². The number of rotatable bonds is 5. The predicted molar refractivity (Wildman–Crippen MR) is 82.3 cm³/mol. The maximum Gasteiger partial charge on any atom is 0.321 e. The summed E-state index contributed by atoms with van der Waals surface area (Å²) >= 11 is 5.61. The van der Waals surface area contributed by atoms with Crippen molar-refractivity contribution in [1.29, 1.82) is 0 Å². The highest BCUT2D eigenvalue weighted by molar-refractivity contribution is 6.26. The Morgan fingerprint density at radius 1 is 1.19 bits per heavy atom. The molecule has 3 nitrogen and oxygen atoms in total. The molecule has 0 radical (unpaired) electrons. The summed E-state index contributed by atoms with van der Waals surface area (Å²) in [5.74, 6) is 2.12. The number of halogens is 1. The lowest BCUT2D eigenvalue weighted by Gasteiger charge is -2.60. The van der Waals surface area contributed by atoms with Crippen LogP contribution in [0.15, 0.2) is 0 Å². The van der Waals surface area contributed by atoms with E-state index >= 15 is 0 Å². The average molecular weight is 315 g/mol. The van der Waals surface area contributed by atoms with Crippen LogP contribution in [0.25, 0.3) is 0 Å². The second kappa shape index (κ2) is 5.42. The predicted octanol–water partition coefficient (Wildman–Crippen LogP) is 3.78. The zero-order valence-electron chi connectivity index (χ0n) is 13.4. The van der Waals surface area contributed by atoms with Crippen molar-refractivity contribution in [3.8, 4) is 0 Å². The lowest BCUT2D eigenvalue weighted by Crippen LogP contribution is -2.59. The Morgan fingerprint density at radius 3 is 2.05 bits per heavy atom. The molecule has 21 heavy (non-hydrogen) atoms. The Morgan fingerprint density at radius 2 is 1.67 bits per heavy atom. The maximum atomic E-state index is 11.7. The smallest absolute Gasteiger partial charge is 0.321 e. The number of carbonyl (C=O) groups is 1. The minimum Gasteiger partial charge on any atom is -0.456 e. The second-order valence-electron chi connectivity index (χ2n) is 8.11. The molecule has 4 heteroatoms. The minimum atomic E-state index is -0.619. The van der Waals surface area contributed by atoms with Crippen LogP contribution >= 0.6 is 11.6 Å². The van der Waals surface area contributed by atoms with Crippen LogP contribution in [0.2, 0.25) is 0 Å². The Bertz CT molecular complexity index is 383. The summed E-state index contributed by atoms with van der Waals surface area (Å²) in [6.07, 6.45) is 7.87. The van der Waals surface area contributed by atoms with Gasteiger partial charge in [-0.25, -0.2) is 0 Å². The molecule has 4 rings (SSSR count). The normalized spacial score (nSPS) is 39.3. The third-order valence-electron chi connectivity index (χ3n) is 5.99. The zero-order valence-corrected chi connectivity index (χ0v) is 14.1. The molecule has 0 aliphatic heterocycles. The van der Waals surface area contributed by atoms with Crippen LogP contribution in [-0.2, 0) is 14.3 Å². The van der Waals surface area contributed by atoms with Crippen molar-refractivity contribution in [3.05, 3.63) is 0 Å². The van der Waals surface area contributed by atoms with Gasteiger partial charge in [-0.2, -0.15) is 0 Å². The Hall–Kier alpha value is -0.280. The van der Waals surface area contributed by atoms with Gasteiger partial charge in [0.1, 0.15) is 17.6 Å². The van der Waals surface area contributed by atoms with Gasteiger partial charge < -0.3 is 9.47 Å². The van der Waals surface area contributed by atoms with Crippen LogP contribution < -0.4 is 0 Å². The molecule has 4 fully saturated rings. The van der Waals surface area contributed by atoms with E-state index < -0.39 is 5.60 Å². The first-order valence-electron chi connectivity index (χ1n) is 8.19. The summed E-state index contributed by atoms with van der Waals surface area (Å²) < 4.78 is 11.6. The number of carbonyl (C=O) groups excluding carboxylic acids is 1. The topological polar surface area (TPSA) is 35.5 Å². The quantitative estimate of drug-likeness (QED) is 0.572. The van der Waals surface area contributed by atoms with Crippen molar-refractivity contribution < 1.29 is 14.3 Å². The van der Waals surface area contributed by atoms with Gasteiger partial charge in [-0.1, -0.05) is 0 Å². The van der Waals surface area contributed by atoms with E-state index in [-0.39, 0.29) is 23.4 Å². The monoisotopic (exact) mass is 314 g/mol. The molecule has 0 N–H and O–H groups in total. The molecule has 0 aromatic heterocycles.